The van der Waals surface area contributed by atoms with Crippen molar-refractivity contribution in [1.82, 2.24) is 0 Å². The fraction of sp³-hybridized carbons (Fsp3) is 0.417. The van der Waals surface area contributed by atoms with E-state index >= 15 is 0 Å². The zero-order chi connectivity index (χ0) is 11.8. The first-order chi connectivity index (χ1) is 7.59. The Morgan fingerprint density at radius 2 is 2.25 bits per heavy atom. The van der Waals surface area contributed by atoms with Gasteiger partial charge >= 0.3 is 0 Å². The summed E-state index contributed by atoms with van der Waals surface area (Å²) in [7, 11) is 0. The predicted octanol–water partition coefficient (Wildman–Crippen LogP) is 2.75. The van der Waals surface area contributed by atoms with Gasteiger partial charge in [-0.3, -0.25) is 0 Å². The van der Waals surface area contributed by atoms with Gasteiger partial charge in [-0.15, -0.1) is 0 Å². The summed E-state index contributed by atoms with van der Waals surface area (Å²) in [4.78, 5) is 14.0. The maximum atomic E-state index is 13.2. The van der Waals surface area contributed by atoms with E-state index in [0.717, 1.165) is 0 Å². The van der Waals surface area contributed by atoms with Crippen LogP contribution in [0.5, 0.6) is 5.75 Å². The average Bonchev–Trinajstić information content (AvgIpc) is 2.99. The van der Waals surface area contributed by atoms with Gasteiger partial charge in [-0.2, -0.15) is 4.99 Å². The average molecular weight is 221 g/mol. The van der Waals surface area contributed by atoms with Crippen molar-refractivity contribution < 1.29 is 14.3 Å². The largest absolute Gasteiger partial charge is 0.508 e. The van der Waals surface area contributed by atoms with E-state index in [9.17, 15) is 14.3 Å². The van der Waals surface area contributed by atoms with Gasteiger partial charge < -0.3 is 5.11 Å². The molecule has 1 aliphatic carbocycles. The zero-order valence-electron chi connectivity index (χ0n) is 8.90. The lowest BCUT2D eigenvalue weighted by Crippen LogP contribution is -2.04. The third kappa shape index (κ3) is 1.72. The molecule has 1 fully saturated rings. The number of aliphatic imine (C=N–C) groups is 1. The highest BCUT2D eigenvalue weighted by molar-refractivity contribution is 5.48. The minimum atomic E-state index is -1.10. The summed E-state index contributed by atoms with van der Waals surface area (Å²) in [5.41, 5.74) is 0.356. The van der Waals surface area contributed by atoms with E-state index in [4.69, 9.17) is 0 Å². The number of benzene rings is 1. The van der Waals surface area contributed by atoms with E-state index in [2.05, 4.69) is 4.99 Å². The van der Waals surface area contributed by atoms with Gasteiger partial charge in [0.05, 0.1) is 0 Å². The number of hydrogen-bond acceptors (Lipinski definition) is 3. The minimum absolute atomic E-state index is 0.0564. The molecule has 0 amide bonds. The Labute approximate surface area is 92.6 Å². The molecule has 0 radical (unpaired) electrons. The molecule has 1 N–H and O–H groups in total. The lowest BCUT2D eigenvalue weighted by Gasteiger charge is -2.13. The molecule has 1 aromatic carbocycles. The molecule has 0 bridgehead atoms. The van der Waals surface area contributed by atoms with E-state index in [-0.39, 0.29) is 5.75 Å². The molecule has 0 heterocycles. The summed E-state index contributed by atoms with van der Waals surface area (Å²) in [6.07, 6.45) is 1.80. The Hall–Kier alpha value is -1.67. The SMILES string of the molecule is CC(F)c1ccc(O)c(C2(N=C=O)CC2)c1. The van der Waals surface area contributed by atoms with Crippen LogP contribution in [0.2, 0.25) is 0 Å². The van der Waals surface area contributed by atoms with Crippen LogP contribution >= 0.6 is 0 Å². The molecule has 1 unspecified atom stereocenters. The summed E-state index contributed by atoms with van der Waals surface area (Å²) >= 11 is 0. The van der Waals surface area contributed by atoms with E-state index in [1.807, 2.05) is 0 Å². The van der Waals surface area contributed by atoms with Crippen molar-refractivity contribution in [1.29, 1.82) is 0 Å². The summed E-state index contributed by atoms with van der Waals surface area (Å²) < 4.78 is 13.2. The topological polar surface area (TPSA) is 49.7 Å². The van der Waals surface area contributed by atoms with Crippen LogP contribution in [-0.4, -0.2) is 11.2 Å². The van der Waals surface area contributed by atoms with Crippen molar-refractivity contribution in [2.24, 2.45) is 4.99 Å². The van der Waals surface area contributed by atoms with Crippen LogP contribution < -0.4 is 0 Å². The second kappa shape index (κ2) is 3.72. The van der Waals surface area contributed by atoms with Gasteiger partial charge in [0.2, 0.25) is 6.08 Å². The van der Waals surface area contributed by atoms with Gasteiger partial charge in [-0.1, -0.05) is 6.07 Å². The molecule has 1 saturated carbocycles. The van der Waals surface area contributed by atoms with Crippen LogP contribution in [0.15, 0.2) is 23.2 Å². The molecule has 0 spiro atoms. The molecule has 0 saturated heterocycles. The standard InChI is InChI=1S/C12H12FNO2/c1-8(13)9-2-3-11(16)10(6-9)12(4-5-12)14-7-15/h2-3,6,8,16H,4-5H2,1H3. The van der Waals surface area contributed by atoms with Crippen molar-refractivity contribution in [3.05, 3.63) is 29.3 Å². The van der Waals surface area contributed by atoms with Gasteiger partial charge in [0.1, 0.15) is 17.5 Å². The molecule has 3 nitrogen and oxygen atoms in total. The minimum Gasteiger partial charge on any atom is -0.508 e. The number of hydrogen-bond donors (Lipinski definition) is 1. The van der Waals surface area contributed by atoms with Gasteiger partial charge in [-0.05, 0) is 37.5 Å². The first-order valence-electron chi connectivity index (χ1n) is 5.15. The molecule has 4 heteroatoms. The van der Waals surface area contributed by atoms with Gasteiger partial charge in [0.25, 0.3) is 0 Å². The summed E-state index contributed by atoms with van der Waals surface area (Å²) in [5, 5.41) is 9.71. The van der Waals surface area contributed by atoms with Crippen molar-refractivity contribution in [2.75, 3.05) is 0 Å². The molecule has 0 aliphatic heterocycles. The Bertz CT molecular complexity index is 460. The van der Waals surface area contributed by atoms with E-state index in [1.165, 1.54) is 25.1 Å². The number of rotatable bonds is 3. The molecule has 84 valence electrons. The zero-order valence-corrected chi connectivity index (χ0v) is 8.90. The normalized spacial score (nSPS) is 18.6. The van der Waals surface area contributed by atoms with Crippen molar-refractivity contribution in [2.45, 2.75) is 31.5 Å². The fourth-order valence-corrected chi connectivity index (χ4v) is 1.82. The number of carbonyl (C=O) groups excluding carboxylic acids is 1. The lowest BCUT2D eigenvalue weighted by molar-refractivity contribution is 0.372. The van der Waals surface area contributed by atoms with Crippen molar-refractivity contribution >= 4 is 6.08 Å². The number of isocyanates is 1. The van der Waals surface area contributed by atoms with Gasteiger partial charge in [-0.25, -0.2) is 9.18 Å². The number of nitrogens with zero attached hydrogens (tertiary/aromatic N) is 1. The summed E-state index contributed by atoms with van der Waals surface area (Å²) in [5.74, 6) is 0.0564. The number of alkyl halides is 1. The molecule has 1 aliphatic rings. The van der Waals surface area contributed by atoms with Crippen LogP contribution in [0.25, 0.3) is 0 Å². The van der Waals surface area contributed by atoms with Gasteiger partial charge in [0, 0.05) is 5.56 Å². The summed E-state index contributed by atoms with van der Waals surface area (Å²) in [6.45, 7) is 1.43. The van der Waals surface area contributed by atoms with Crippen LogP contribution in [0.1, 0.15) is 37.1 Å². The molecular formula is C12H12FNO2. The molecular weight excluding hydrogens is 209 g/mol. The van der Waals surface area contributed by atoms with Crippen LogP contribution in [0.4, 0.5) is 4.39 Å². The van der Waals surface area contributed by atoms with Crippen LogP contribution in [-0.2, 0) is 10.3 Å². The Morgan fingerprint density at radius 3 is 2.75 bits per heavy atom. The monoisotopic (exact) mass is 221 g/mol. The summed E-state index contributed by atoms with van der Waals surface area (Å²) in [6, 6.07) is 4.55. The number of halogens is 1. The lowest BCUT2D eigenvalue weighted by atomic mass is 9.99. The first-order valence-corrected chi connectivity index (χ1v) is 5.15. The second-order valence-corrected chi connectivity index (χ2v) is 4.13. The van der Waals surface area contributed by atoms with Crippen molar-refractivity contribution in [3.63, 3.8) is 0 Å². The Morgan fingerprint density at radius 1 is 1.56 bits per heavy atom. The molecule has 0 aromatic heterocycles. The van der Waals surface area contributed by atoms with Crippen molar-refractivity contribution in [3.8, 4) is 5.75 Å². The highest BCUT2D eigenvalue weighted by Gasteiger charge is 2.46. The van der Waals surface area contributed by atoms with Crippen LogP contribution in [0.3, 0.4) is 0 Å². The first kappa shape index (κ1) is 10.8. The molecule has 1 aromatic rings. The molecule has 1 atom stereocenters. The maximum Gasteiger partial charge on any atom is 0.235 e. The number of phenols is 1. The third-order valence-electron chi connectivity index (χ3n) is 2.96. The quantitative estimate of drug-likeness (QED) is 0.630. The molecule has 2 rings (SSSR count). The Balaban J connectivity index is 2.47. The smallest absolute Gasteiger partial charge is 0.235 e. The highest BCUT2D eigenvalue weighted by atomic mass is 19.1. The van der Waals surface area contributed by atoms with E-state index < -0.39 is 11.7 Å². The predicted molar refractivity (Wildman–Crippen MR) is 56.7 cm³/mol. The Kier molecular flexibility index (Phi) is 2.52. The second-order valence-electron chi connectivity index (χ2n) is 4.13. The van der Waals surface area contributed by atoms with E-state index in [1.54, 1.807) is 6.07 Å². The third-order valence-corrected chi connectivity index (χ3v) is 2.96. The maximum absolute atomic E-state index is 13.2. The number of aromatic hydroxyl groups is 1. The van der Waals surface area contributed by atoms with E-state index in [0.29, 0.717) is 24.0 Å². The molecule has 16 heavy (non-hydrogen) atoms. The van der Waals surface area contributed by atoms with Gasteiger partial charge in [0.15, 0.2) is 0 Å². The number of phenolic OH excluding ortho intramolecular Hbond substituents is 1. The van der Waals surface area contributed by atoms with Crippen LogP contribution in [0, 0.1) is 0 Å². The highest BCUT2D eigenvalue weighted by Crippen LogP contribution is 2.52. The fourth-order valence-electron chi connectivity index (χ4n) is 1.82.